The van der Waals surface area contributed by atoms with Crippen LogP contribution in [0.3, 0.4) is 0 Å². The lowest BCUT2D eigenvalue weighted by molar-refractivity contribution is 0.0996. The standard InChI is InChI=1S/C11H8FN5O.C8H10/c12-6-3-1-2-5-8(6)16-11(14)17-4-7(9(13)18)15-10(5)17;1-2-8-6-4-3-5-7-8/h1-4H,(H2,13,18)(H2,14,16);3-7H,2H2,1H3. The lowest BCUT2D eigenvalue weighted by atomic mass is 10.2. The zero-order chi connectivity index (χ0) is 18.7. The predicted molar refractivity (Wildman–Crippen MR) is 99.2 cm³/mol. The van der Waals surface area contributed by atoms with E-state index in [4.69, 9.17) is 11.5 Å². The Hall–Kier alpha value is -3.48. The Balaban J connectivity index is 0.000000206. The number of primary amides is 1. The van der Waals surface area contributed by atoms with Crippen molar-refractivity contribution in [2.45, 2.75) is 13.3 Å². The molecule has 132 valence electrons. The predicted octanol–water partition coefficient (Wildman–Crippen LogP) is 2.95. The maximum Gasteiger partial charge on any atom is 0.268 e. The number of aryl methyl sites for hydroxylation is 1. The Bertz CT molecular complexity index is 1080. The Kier molecular flexibility index (Phi) is 4.79. The number of rotatable bonds is 2. The average Bonchev–Trinajstić information content (AvgIpc) is 3.11. The van der Waals surface area contributed by atoms with E-state index in [1.165, 1.54) is 28.3 Å². The highest BCUT2D eigenvalue weighted by atomic mass is 19.1. The van der Waals surface area contributed by atoms with Crippen LogP contribution in [0, 0.1) is 5.82 Å². The fourth-order valence-electron chi connectivity index (χ4n) is 2.56. The third-order valence-electron chi connectivity index (χ3n) is 3.91. The number of carbonyl (C=O) groups is 1. The molecule has 4 aromatic rings. The molecule has 4 N–H and O–H groups in total. The number of benzene rings is 2. The van der Waals surface area contributed by atoms with Crippen LogP contribution in [0.2, 0.25) is 0 Å². The highest BCUT2D eigenvalue weighted by Crippen LogP contribution is 2.22. The maximum absolute atomic E-state index is 13.6. The Morgan fingerprint density at radius 2 is 1.85 bits per heavy atom. The summed E-state index contributed by atoms with van der Waals surface area (Å²) in [6.45, 7) is 2.16. The number of anilines is 1. The van der Waals surface area contributed by atoms with Crippen LogP contribution in [0.1, 0.15) is 23.0 Å². The van der Waals surface area contributed by atoms with Gasteiger partial charge in [-0.3, -0.25) is 9.20 Å². The van der Waals surface area contributed by atoms with Gasteiger partial charge in [-0.05, 0) is 24.1 Å². The molecule has 2 aromatic carbocycles. The van der Waals surface area contributed by atoms with Crippen molar-refractivity contribution < 1.29 is 9.18 Å². The smallest absolute Gasteiger partial charge is 0.268 e. The number of aromatic nitrogens is 3. The van der Waals surface area contributed by atoms with Gasteiger partial charge in [0.25, 0.3) is 5.91 Å². The number of hydrogen-bond acceptors (Lipinski definition) is 4. The molecule has 0 aliphatic rings. The van der Waals surface area contributed by atoms with Crippen LogP contribution in [0.15, 0.2) is 54.7 Å². The zero-order valence-corrected chi connectivity index (χ0v) is 14.2. The first kappa shape index (κ1) is 17.3. The number of amides is 1. The van der Waals surface area contributed by atoms with Gasteiger partial charge in [-0.25, -0.2) is 14.4 Å². The van der Waals surface area contributed by atoms with Crippen molar-refractivity contribution in [2.24, 2.45) is 5.73 Å². The van der Waals surface area contributed by atoms with Gasteiger partial charge in [-0.2, -0.15) is 0 Å². The molecule has 0 bridgehead atoms. The fraction of sp³-hybridized carbons (Fsp3) is 0.105. The van der Waals surface area contributed by atoms with Crippen LogP contribution in [-0.4, -0.2) is 20.3 Å². The Morgan fingerprint density at radius 1 is 1.12 bits per heavy atom. The number of halogens is 1. The molecule has 0 aliphatic heterocycles. The molecule has 2 aromatic heterocycles. The minimum Gasteiger partial charge on any atom is -0.369 e. The number of nitrogens with zero attached hydrogens (tertiary/aromatic N) is 3. The number of fused-ring (bicyclic) bond motifs is 3. The zero-order valence-electron chi connectivity index (χ0n) is 14.2. The van der Waals surface area contributed by atoms with Gasteiger partial charge < -0.3 is 11.5 Å². The van der Waals surface area contributed by atoms with Gasteiger partial charge >= 0.3 is 0 Å². The first-order chi connectivity index (χ1) is 12.5. The number of nitrogen functional groups attached to an aromatic ring is 1. The van der Waals surface area contributed by atoms with Crippen molar-refractivity contribution in [1.82, 2.24) is 14.4 Å². The van der Waals surface area contributed by atoms with Crippen LogP contribution in [0.25, 0.3) is 16.6 Å². The molecule has 0 aliphatic carbocycles. The molecule has 2 heterocycles. The third-order valence-corrected chi connectivity index (χ3v) is 3.91. The van der Waals surface area contributed by atoms with Crippen LogP contribution < -0.4 is 11.5 Å². The van der Waals surface area contributed by atoms with Crippen molar-refractivity contribution in [3.63, 3.8) is 0 Å². The molecule has 0 saturated carbocycles. The van der Waals surface area contributed by atoms with Gasteiger partial charge in [0.1, 0.15) is 22.7 Å². The van der Waals surface area contributed by atoms with E-state index in [1.54, 1.807) is 6.07 Å². The first-order valence-corrected chi connectivity index (χ1v) is 8.07. The van der Waals surface area contributed by atoms with Crippen molar-refractivity contribution in [3.05, 3.63) is 71.8 Å². The molecule has 6 nitrogen and oxygen atoms in total. The second kappa shape index (κ2) is 7.18. The Labute approximate surface area is 149 Å². The highest BCUT2D eigenvalue weighted by Gasteiger charge is 2.14. The number of nitrogens with two attached hydrogens (primary N) is 2. The molecular formula is C19H18FN5O. The Morgan fingerprint density at radius 3 is 2.46 bits per heavy atom. The van der Waals surface area contributed by atoms with Gasteiger partial charge in [-0.1, -0.05) is 43.3 Å². The summed E-state index contributed by atoms with van der Waals surface area (Å²) < 4.78 is 15.0. The van der Waals surface area contributed by atoms with E-state index in [0.717, 1.165) is 6.42 Å². The second-order valence-corrected chi connectivity index (χ2v) is 5.63. The number of para-hydroxylation sites is 1. The summed E-state index contributed by atoms with van der Waals surface area (Å²) >= 11 is 0. The summed E-state index contributed by atoms with van der Waals surface area (Å²) in [6, 6.07) is 14.9. The van der Waals surface area contributed by atoms with Gasteiger partial charge in [-0.15, -0.1) is 0 Å². The lowest BCUT2D eigenvalue weighted by Crippen LogP contribution is -2.10. The van der Waals surface area contributed by atoms with E-state index in [0.29, 0.717) is 11.0 Å². The molecule has 0 unspecified atom stereocenters. The molecule has 0 fully saturated rings. The van der Waals surface area contributed by atoms with E-state index < -0.39 is 11.7 Å². The minimum absolute atomic E-state index is 0.0441. The van der Waals surface area contributed by atoms with Crippen LogP contribution in [0.4, 0.5) is 10.3 Å². The molecule has 0 saturated heterocycles. The van der Waals surface area contributed by atoms with E-state index >= 15 is 0 Å². The molecule has 7 heteroatoms. The minimum atomic E-state index is -0.678. The summed E-state index contributed by atoms with van der Waals surface area (Å²) in [5, 5.41) is 0.469. The van der Waals surface area contributed by atoms with Gasteiger partial charge in [0.2, 0.25) is 5.95 Å². The van der Waals surface area contributed by atoms with E-state index in [9.17, 15) is 9.18 Å². The van der Waals surface area contributed by atoms with Gasteiger partial charge in [0, 0.05) is 11.6 Å². The monoisotopic (exact) mass is 351 g/mol. The van der Waals surface area contributed by atoms with Crippen molar-refractivity contribution >= 4 is 28.4 Å². The normalized spacial score (nSPS) is 10.5. The first-order valence-electron chi connectivity index (χ1n) is 8.07. The van der Waals surface area contributed by atoms with E-state index in [1.807, 2.05) is 6.07 Å². The fourth-order valence-corrected chi connectivity index (χ4v) is 2.56. The topological polar surface area (TPSA) is 99.3 Å². The SMILES string of the molecule is CCc1ccccc1.NC(=O)c1cn2c(N)nc3c(F)cccc3c2n1. The summed E-state index contributed by atoms with van der Waals surface area (Å²) in [6.07, 6.45) is 2.52. The average molecular weight is 351 g/mol. The highest BCUT2D eigenvalue weighted by molar-refractivity contribution is 5.97. The van der Waals surface area contributed by atoms with Crippen molar-refractivity contribution in [3.8, 4) is 0 Å². The number of hydrogen-bond donors (Lipinski definition) is 2. The van der Waals surface area contributed by atoms with Crippen LogP contribution in [0.5, 0.6) is 0 Å². The van der Waals surface area contributed by atoms with Crippen molar-refractivity contribution in [2.75, 3.05) is 5.73 Å². The van der Waals surface area contributed by atoms with Gasteiger partial charge in [0.05, 0.1) is 0 Å². The number of imidazole rings is 1. The second-order valence-electron chi connectivity index (χ2n) is 5.63. The summed E-state index contributed by atoms with van der Waals surface area (Å²) in [7, 11) is 0. The van der Waals surface area contributed by atoms with Crippen LogP contribution in [-0.2, 0) is 6.42 Å². The molecule has 0 radical (unpaired) electrons. The van der Waals surface area contributed by atoms with E-state index in [-0.39, 0.29) is 17.2 Å². The summed E-state index contributed by atoms with van der Waals surface area (Å²) in [5.41, 5.74) is 12.8. The van der Waals surface area contributed by atoms with E-state index in [2.05, 4.69) is 41.2 Å². The molecule has 1 amide bonds. The third kappa shape index (κ3) is 3.32. The molecule has 4 rings (SSSR count). The number of carbonyl (C=O) groups excluding carboxylic acids is 1. The van der Waals surface area contributed by atoms with Crippen molar-refractivity contribution in [1.29, 1.82) is 0 Å². The van der Waals surface area contributed by atoms with Crippen LogP contribution >= 0.6 is 0 Å². The molecular weight excluding hydrogens is 333 g/mol. The molecule has 26 heavy (non-hydrogen) atoms. The molecule has 0 spiro atoms. The molecule has 0 atom stereocenters. The van der Waals surface area contributed by atoms with Gasteiger partial charge in [0.15, 0.2) is 0 Å². The summed E-state index contributed by atoms with van der Waals surface area (Å²) in [5.74, 6) is -1.13. The quantitative estimate of drug-likeness (QED) is 0.580. The largest absolute Gasteiger partial charge is 0.369 e. The maximum atomic E-state index is 13.6. The lowest BCUT2D eigenvalue weighted by Gasteiger charge is -2.03. The summed E-state index contributed by atoms with van der Waals surface area (Å²) in [4.78, 5) is 19.1.